The number of fused-ring (bicyclic) bond motifs is 6. The Labute approximate surface area is 152 Å². The summed E-state index contributed by atoms with van der Waals surface area (Å²) >= 11 is 0. The van der Waals surface area contributed by atoms with Gasteiger partial charge in [-0.2, -0.15) is 0 Å². The highest BCUT2D eigenvalue weighted by atomic mass is 16.1. The van der Waals surface area contributed by atoms with E-state index in [1.165, 1.54) is 36.2 Å². The summed E-state index contributed by atoms with van der Waals surface area (Å²) in [6.07, 6.45) is 3.67. The van der Waals surface area contributed by atoms with Crippen LogP contribution in [0.2, 0.25) is 0 Å². The first-order valence-corrected chi connectivity index (χ1v) is 9.28. The topological polar surface area (TPSA) is 54.9 Å². The molecule has 0 saturated heterocycles. The second-order valence-electron chi connectivity index (χ2n) is 7.68. The predicted molar refractivity (Wildman–Crippen MR) is 103 cm³/mol. The monoisotopic (exact) mass is 343 g/mol. The van der Waals surface area contributed by atoms with Crippen molar-refractivity contribution >= 4 is 22.6 Å². The number of hydrogen-bond donors (Lipinski definition) is 1. The van der Waals surface area contributed by atoms with Crippen LogP contribution in [0, 0.1) is 13.8 Å². The number of carbonyl (C=O) groups excluding carboxylic acids is 1. The molecule has 1 N–H and O–H groups in total. The number of carbonyl (C=O) groups is 1. The van der Waals surface area contributed by atoms with Crippen LogP contribution in [0.15, 0.2) is 36.4 Å². The fourth-order valence-electron chi connectivity index (χ4n) is 4.45. The highest BCUT2D eigenvalue weighted by Crippen LogP contribution is 2.51. The van der Waals surface area contributed by atoms with Crippen LogP contribution in [0.3, 0.4) is 0 Å². The molecule has 4 nitrogen and oxygen atoms in total. The maximum atomic E-state index is 12.7. The molecule has 3 aromatic rings. The minimum atomic E-state index is -0.109. The third-order valence-corrected chi connectivity index (χ3v) is 5.82. The predicted octanol–water partition coefficient (Wildman–Crippen LogP) is 4.86. The summed E-state index contributed by atoms with van der Waals surface area (Å²) in [5, 5.41) is 3.01. The summed E-state index contributed by atoms with van der Waals surface area (Å²) in [5.41, 5.74) is 7.79. The Morgan fingerprint density at radius 3 is 2.42 bits per heavy atom. The Balaban J connectivity index is 1.48. The molecule has 2 bridgehead atoms. The van der Waals surface area contributed by atoms with Gasteiger partial charge in [-0.1, -0.05) is 17.7 Å². The quantitative estimate of drug-likeness (QED) is 0.722. The molecule has 26 heavy (non-hydrogen) atoms. The summed E-state index contributed by atoms with van der Waals surface area (Å²) in [5.74, 6) is 1.06. The molecular weight excluding hydrogens is 322 g/mol. The Kier molecular flexibility index (Phi) is 3.36. The normalized spacial score (nSPS) is 20.4. The van der Waals surface area contributed by atoms with Gasteiger partial charge in [0.25, 0.3) is 5.91 Å². The third-order valence-electron chi connectivity index (χ3n) is 5.82. The highest BCUT2D eigenvalue weighted by Gasteiger charge is 2.39. The van der Waals surface area contributed by atoms with Crippen LogP contribution in [-0.4, -0.2) is 15.9 Å². The zero-order valence-electron chi connectivity index (χ0n) is 15.0. The fraction of sp³-hybridized carbons (Fsp3) is 0.318. The lowest BCUT2D eigenvalue weighted by Gasteiger charge is -2.14. The number of aromatic nitrogens is 2. The molecule has 2 atom stereocenters. The van der Waals surface area contributed by atoms with E-state index in [-0.39, 0.29) is 5.91 Å². The van der Waals surface area contributed by atoms with Crippen LogP contribution in [0.25, 0.3) is 11.0 Å². The molecule has 1 amide bonds. The first-order valence-electron chi connectivity index (χ1n) is 9.28. The van der Waals surface area contributed by atoms with Crippen LogP contribution in [-0.2, 0) is 0 Å². The molecule has 1 fully saturated rings. The van der Waals surface area contributed by atoms with Gasteiger partial charge in [0.2, 0.25) is 0 Å². The Hall–Kier alpha value is -2.75. The molecule has 0 spiro atoms. The lowest BCUT2D eigenvalue weighted by Crippen LogP contribution is -2.13. The number of amides is 1. The van der Waals surface area contributed by atoms with E-state index < -0.39 is 0 Å². The number of anilines is 1. The molecule has 1 saturated carbocycles. The molecule has 1 heterocycles. The first kappa shape index (κ1) is 15.5. The lowest BCUT2D eigenvalue weighted by atomic mass is 10.00. The van der Waals surface area contributed by atoms with Crippen LogP contribution in [0.5, 0.6) is 0 Å². The Morgan fingerprint density at radius 1 is 0.962 bits per heavy atom. The summed E-state index contributed by atoms with van der Waals surface area (Å²) < 4.78 is 0. The maximum Gasteiger partial charge on any atom is 0.255 e. The van der Waals surface area contributed by atoms with Gasteiger partial charge in [-0.25, -0.2) is 9.97 Å². The number of rotatable bonds is 2. The lowest BCUT2D eigenvalue weighted by molar-refractivity contribution is 0.102. The molecular formula is C22H21N3O. The van der Waals surface area contributed by atoms with Gasteiger partial charge >= 0.3 is 0 Å². The average Bonchev–Trinajstić information content (AvgIpc) is 3.24. The van der Waals surface area contributed by atoms with E-state index >= 15 is 0 Å². The first-order chi connectivity index (χ1) is 12.6. The van der Waals surface area contributed by atoms with Gasteiger partial charge in [0.15, 0.2) is 0 Å². The van der Waals surface area contributed by atoms with E-state index in [0.717, 1.165) is 22.3 Å². The van der Waals surface area contributed by atoms with Crippen molar-refractivity contribution in [3.8, 4) is 0 Å². The van der Waals surface area contributed by atoms with Gasteiger partial charge in [0.05, 0.1) is 22.4 Å². The van der Waals surface area contributed by atoms with Gasteiger partial charge in [0.1, 0.15) is 0 Å². The number of nitrogens with zero attached hydrogens (tertiary/aromatic N) is 2. The van der Waals surface area contributed by atoms with Gasteiger partial charge in [-0.15, -0.1) is 0 Å². The zero-order chi connectivity index (χ0) is 17.8. The van der Waals surface area contributed by atoms with E-state index in [0.29, 0.717) is 17.4 Å². The SMILES string of the molecule is Cc1ccc(NC(=O)c2ccc3nc4c(nc3c2)C2CCC4C2)c(C)c1. The van der Waals surface area contributed by atoms with Crippen LogP contribution >= 0.6 is 0 Å². The van der Waals surface area contributed by atoms with Crippen molar-refractivity contribution in [2.45, 2.75) is 44.9 Å². The maximum absolute atomic E-state index is 12.7. The minimum absolute atomic E-state index is 0.109. The number of nitrogens with one attached hydrogen (secondary N) is 1. The van der Waals surface area contributed by atoms with Crippen molar-refractivity contribution in [3.05, 3.63) is 64.5 Å². The molecule has 130 valence electrons. The molecule has 0 aliphatic heterocycles. The van der Waals surface area contributed by atoms with E-state index in [1.54, 1.807) is 0 Å². The molecule has 2 aliphatic rings. The highest BCUT2D eigenvalue weighted by molar-refractivity contribution is 6.06. The third kappa shape index (κ3) is 2.40. The largest absolute Gasteiger partial charge is 0.322 e. The zero-order valence-corrected chi connectivity index (χ0v) is 15.0. The number of benzene rings is 2. The summed E-state index contributed by atoms with van der Waals surface area (Å²) in [6, 6.07) is 11.7. The molecule has 2 unspecified atom stereocenters. The molecule has 2 aliphatic carbocycles. The second kappa shape index (κ2) is 5.63. The minimum Gasteiger partial charge on any atom is -0.322 e. The Morgan fingerprint density at radius 2 is 1.69 bits per heavy atom. The van der Waals surface area contributed by atoms with Crippen molar-refractivity contribution in [1.82, 2.24) is 9.97 Å². The standard InChI is InChI=1S/C22H21N3O/c1-12-3-7-17(13(2)9-12)25-22(26)16-6-8-18-19(11-16)24-21-15-5-4-14(10-15)20(21)23-18/h3,6-9,11,14-15H,4-5,10H2,1-2H3,(H,25,26). The van der Waals surface area contributed by atoms with E-state index in [9.17, 15) is 4.79 Å². The van der Waals surface area contributed by atoms with Crippen LogP contribution in [0.1, 0.15) is 64.0 Å². The van der Waals surface area contributed by atoms with Crippen molar-refractivity contribution in [3.63, 3.8) is 0 Å². The number of hydrogen-bond acceptors (Lipinski definition) is 3. The van der Waals surface area contributed by atoms with Crippen molar-refractivity contribution in [1.29, 1.82) is 0 Å². The fourth-order valence-corrected chi connectivity index (χ4v) is 4.45. The molecule has 5 rings (SSSR count). The van der Waals surface area contributed by atoms with E-state index in [2.05, 4.69) is 11.4 Å². The van der Waals surface area contributed by atoms with Crippen LogP contribution < -0.4 is 5.32 Å². The van der Waals surface area contributed by atoms with Crippen molar-refractivity contribution in [2.75, 3.05) is 5.32 Å². The molecule has 4 heteroatoms. The summed E-state index contributed by atoms with van der Waals surface area (Å²) in [4.78, 5) is 22.4. The van der Waals surface area contributed by atoms with Gasteiger partial charge in [-0.3, -0.25) is 4.79 Å². The smallest absolute Gasteiger partial charge is 0.255 e. The molecule has 2 aromatic carbocycles. The van der Waals surface area contributed by atoms with E-state index in [1.807, 2.05) is 44.2 Å². The van der Waals surface area contributed by atoms with Gasteiger partial charge in [0, 0.05) is 23.1 Å². The van der Waals surface area contributed by atoms with Crippen LogP contribution in [0.4, 0.5) is 5.69 Å². The van der Waals surface area contributed by atoms with E-state index in [4.69, 9.17) is 9.97 Å². The van der Waals surface area contributed by atoms with Gasteiger partial charge in [-0.05, 0) is 62.9 Å². The van der Waals surface area contributed by atoms with Crippen molar-refractivity contribution < 1.29 is 4.79 Å². The average molecular weight is 343 g/mol. The molecule has 0 radical (unpaired) electrons. The van der Waals surface area contributed by atoms with Crippen molar-refractivity contribution in [2.24, 2.45) is 0 Å². The summed E-state index contributed by atoms with van der Waals surface area (Å²) in [6.45, 7) is 4.05. The second-order valence-corrected chi connectivity index (χ2v) is 7.68. The van der Waals surface area contributed by atoms with Gasteiger partial charge < -0.3 is 5.32 Å². The summed E-state index contributed by atoms with van der Waals surface area (Å²) in [7, 11) is 0. The number of aryl methyl sites for hydroxylation is 2. The molecule has 1 aromatic heterocycles. The Bertz CT molecular complexity index is 1060.